The Morgan fingerprint density at radius 1 is 0.893 bits per heavy atom. The highest BCUT2D eigenvalue weighted by molar-refractivity contribution is 9.10. The van der Waals surface area contributed by atoms with Gasteiger partial charge in [0.15, 0.2) is 0 Å². The smallest absolute Gasteiger partial charge is 0.272 e. The number of amides is 2. The van der Waals surface area contributed by atoms with Crippen LogP contribution in [0.4, 0.5) is 10.1 Å². The third-order valence-electron chi connectivity index (χ3n) is 3.82. The minimum atomic E-state index is -0.564. The molecule has 0 aromatic heterocycles. The van der Waals surface area contributed by atoms with E-state index in [1.165, 1.54) is 18.2 Å². The van der Waals surface area contributed by atoms with Gasteiger partial charge in [0.1, 0.15) is 11.5 Å². The summed E-state index contributed by atoms with van der Waals surface area (Å²) in [5.74, 6) is -1.53. The Kier molecular flexibility index (Phi) is 6.34. The Labute approximate surface area is 170 Å². The molecule has 4 nitrogen and oxygen atoms in total. The summed E-state index contributed by atoms with van der Waals surface area (Å²) < 4.78 is 14.8. The molecular formula is C22H16BrFN2O2. The highest BCUT2D eigenvalue weighted by Gasteiger charge is 2.16. The van der Waals surface area contributed by atoms with E-state index in [0.717, 1.165) is 4.47 Å². The molecule has 3 aromatic rings. The summed E-state index contributed by atoms with van der Waals surface area (Å²) in [6.07, 6.45) is 1.31. The maximum absolute atomic E-state index is 14.1. The molecule has 0 fully saturated rings. The molecule has 0 heterocycles. The molecule has 0 aliphatic carbocycles. The van der Waals surface area contributed by atoms with Gasteiger partial charge >= 0.3 is 0 Å². The molecule has 28 heavy (non-hydrogen) atoms. The van der Waals surface area contributed by atoms with Crippen LogP contribution in [0.1, 0.15) is 15.9 Å². The second-order valence-electron chi connectivity index (χ2n) is 5.86. The summed E-state index contributed by atoms with van der Waals surface area (Å²) in [6, 6.07) is 21.5. The van der Waals surface area contributed by atoms with Crippen molar-refractivity contribution in [3.8, 4) is 0 Å². The molecule has 0 bridgehead atoms. The van der Waals surface area contributed by atoms with Crippen LogP contribution in [0.15, 0.2) is 89.0 Å². The van der Waals surface area contributed by atoms with Crippen molar-refractivity contribution >= 4 is 39.5 Å². The minimum absolute atomic E-state index is 0.0704. The van der Waals surface area contributed by atoms with E-state index in [1.54, 1.807) is 60.7 Å². The number of anilines is 1. The lowest BCUT2D eigenvalue weighted by molar-refractivity contribution is -0.113. The minimum Gasteiger partial charge on any atom is -0.321 e. The Hall–Kier alpha value is -3.25. The highest BCUT2D eigenvalue weighted by atomic mass is 79.9. The summed E-state index contributed by atoms with van der Waals surface area (Å²) in [7, 11) is 0. The van der Waals surface area contributed by atoms with E-state index >= 15 is 0 Å². The number of benzene rings is 3. The predicted molar refractivity (Wildman–Crippen MR) is 111 cm³/mol. The molecule has 140 valence electrons. The first-order valence-electron chi connectivity index (χ1n) is 8.42. The third-order valence-corrected chi connectivity index (χ3v) is 4.31. The molecule has 0 unspecified atom stereocenters. The van der Waals surface area contributed by atoms with Gasteiger partial charge in [-0.05, 0) is 42.5 Å². The number of halogens is 2. The van der Waals surface area contributed by atoms with Gasteiger partial charge in [-0.1, -0.05) is 58.4 Å². The number of nitrogens with one attached hydrogen (secondary N) is 2. The van der Waals surface area contributed by atoms with Crippen molar-refractivity contribution in [1.29, 1.82) is 0 Å². The van der Waals surface area contributed by atoms with Crippen molar-refractivity contribution in [2.75, 3.05) is 5.32 Å². The zero-order chi connectivity index (χ0) is 19.9. The first-order valence-corrected chi connectivity index (χ1v) is 9.22. The first-order chi connectivity index (χ1) is 13.5. The third kappa shape index (κ3) is 5.14. The van der Waals surface area contributed by atoms with Crippen LogP contribution >= 0.6 is 15.9 Å². The Morgan fingerprint density at radius 3 is 2.32 bits per heavy atom. The lowest BCUT2D eigenvalue weighted by Crippen LogP contribution is -2.30. The maximum atomic E-state index is 14.1. The molecule has 0 spiro atoms. The SMILES string of the molecule is O=C(Nc1cccc(Br)c1)/C(=C/c1ccccc1F)NC(=O)c1ccccc1. The van der Waals surface area contributed by atoms with Crippen LogP contribution in [0.5, 0.6) is 0 Å². The second kappa shape index (κ2) is 9.10. The van der Waals surface area contributed by atoms with Gasteiger partial charge < -0.3 is 10.6 Å². The van der Waals surface area contributed by atoms with E-state index in [4.69, 9.17) is 0 Å². The molecule has 2 N–H and O–H groups in total. The Morgan fingerprint density at radius 2 is 1.61 bits per heavy atom. The molecule has 0 atom stereocenters. The average molecular weight is 439 g/mol. The molecular weight excluding hydrogens is 423 g/mol. The van der Waals surface area contributed by atoms with Gasteiger partial charge in [-0.2, -0.15) is 0 Å². The zero-order valence-corrected chi connectivity index (χ0v) is 16.2. The molecule has 2 amide bonds. The summed E-state index contributed by atoms with van der Waals surface area (Å²) in [5, 5.41) is 5.28. The van der Waals surface area contributed by atoms with E-state index in [2.05, 4.69) is 26.6 Å². The van der Waals surface area contributed by atoms with Gasteiger partial charge in [-0.25, -0.2) is 4.39 Å². The summed E-state index contributed by atoms with van der Waals surface area (Å²) in [6.45, 7) is 0. The van der Waals surface area contributed by atoms with Gasteiger partial charge in [-0.3, -0.25) is 9.59 Å². The first kappa shape index (κ1) is 19.5. The number of carbonyl (C=O) groups is 2. The largest absolute Gasteiger partial charge is 0.321 e. The van der Waals surface area contributed by atoms with E-state index in [0.29, 0.717) is 11.3 Å². The fourth-order valence-corrected chi connectivity index (χ4v) is 2.85. The normalized spacial score (nSPS) is 11.0. The molecule has 0 saturated carbocycles. The van der Waals surface area contributed by atoms with E-state index in [9.17, 15) is 14.0 Å². The lowest BCUT2D eigenvalue weighted by atomic mass is 10.1. The Balaban J connectivity index is 1.91. The molecule has 0 radical (unpaired) electrons. The zero-order valence-electron chi connectivity index (χ0n) is 14.7. The van der Waals surface area contributed by atoms with Crippen LogP contribution in [-0.2, 0) is 4.79 Å². The number of hydrogen-bond donors (Lipinski definition) is 2. The lowest BCUT2D eigenvalue weighted by Gasteiger charge is -2.12. The molecule has 0 saturated heterocycles. The summed E-state index contributed by atoms with van der Waals surface area (Å²) in [5.41, 5.74) is 1.04. The van der Waals surface area contributed by atoms with Crippen LogP contribution in [-0.4, -0.2) is 11.8 Å². The Bertz CT molecular complexity index is 1040. The van der Waals surface area contributed by atoms with Crippen LogP contribution < -0.4 is 10.6 Å². The van der Waals surface area contributed by atoms with E-state index < -0.39 is 17.6 Å². The second-order valence-corrected chi connectivity index (χ2v) is 6.78. The van der Waals surface area contributed by atoms with Crippen LogP contribution in [0.2, 0.25) is 0 Å². The van der Waals surface area contributed by atoms with Crippen molar-refractivity contribution in [1.82, 2.24) is 5.32 Å². The fraction of sp³-hybridized carbons (Fsp3) is 0. The highest BCUT2D eigenvalue weighted by Crippen LogP contribution is 2.17. The van der Waals surface area contributed by atoms with E-state index in [-0.39, 0.29) is 11.3 Å². The maximum Gasteiger partial charge on any atom is 0.272 e. The summed E-state index contributed by atoms with van der Waals surface area (Å²) >= 11 is 3.34. The molecule has 0 aliphatic heterocycles. The van der Waals surface area contributed by atoms with Crippen LogP contribution in [0.25, 0.3) is 6.08 Å². The molecule has 6 heteroatoms. The monoisotopic (exact) mass is 438 g/mol. The number of rotatable bonds is 5. The topological polar surface area (TPSA) is 58.2 Å². The average Bonchev–Trinajstić information content (AvgIpc) is 2.69. The van der Waals surface area contributed by atoms with E-state index in [1.807, 2.05) is 6.07 Å². The van der Waals surface area contributed by atoms with Crippen LogP contribution in [0, 0.1) is 5.82 Å². The summed E-state index contributed by atoms with van der Waals surface area (Å²) in [4.78, 5) is 25.3. The molecule has 0 aliphatic rings. The van der Waals surface area contributed by atoms with Crippen molar-refractivity contribution < 1.29 is 14.0 Å². The predicted octanol–water partition coefficient (Wildman–Crippen LogP) is 5.00. The van der Waals surface area contributed by atoms with Gasteiger partial charge in [0.25, 0.3) is 11.8 Å². The van der Waals surface area contributed by atoms with Crippen LogP contribution in [0.3, 0.4) is 0 Å². The van der Waals surface area contributed by atoms with Gasteiger partial charge in [0.05, 0.1) is 0 Å². The molecule has 3 aromatic carbocycles. The van der Waals surface area contributed by atoms with Gasteiger partial charge in [0, 0.05) is 21.3 Å². The number of carbonyl (C=O) groups excluding carboxylic acids is 2. The quantitative estimate of drug-likeness (QED) is 0.550. The van der Waals surface area contributed by atoms with Crippen molar-refractivity contribution in [2.24, 2.45) is 0 Å². The molecule has 3 rings (SSSR count). The van der Waals surface area contributed by atoms with Crippen molar-refractivity contribution in [3.05, 3.63) is 106 Å². The number of hydrogen-bond acceptors (Lipinski definition) is 2. The van der Waals surface area contributed by atoms with Gasteiger partial charge in [0.2, 0.25) is 0 Å². The van der Waals surface area contributed by atoms with Crippen molar-refractivity contribution in [3.63, 3.8) is 0 Å². The van der Waals surface area contributed by atoms with Crippen molar-refractivity contribution in [2.45, 2.75) is 0 Å². The standard InChI is InChI=1S/C22H16BrFN2O2/c23-17-10-6-11-18(14-17)25-22(28)20(13-16-9-4-5-12-19(16)24)26-21(27)15-7-2-1-3-8-15/h1-14H,(H,25,28)(H,26,27)/b20-13-. The van der Waals surface area contributed by atoms with Gasteiger partial charge in [-0.15, -0.1) is 0 Å². The fourth-order valence-electron chi connectivity index (χ4n) is 2.45.